The molecule has 0 spiro atoms. The van der Waals surface area contributed by atoms with Crippen molar-refractivity contribution in [3.63, 3.8) is 0 Å². The molecule has 4 heteroatoms. The fourth-order valence-electron chi connectivity index (χ4n) is 4.30. The maximum absolute atomic E-state index is 6.41. The molecular formula is C23H26ClN3. The van der Waals surface area contributed by atoms with Crippen molar-refractivity contribution in [2.24, 2.45) is 4.99 Å². The van der Waals surface area contributed by atoms with E-state index < -0.39 is 0 Å². The first kappa shape index (κ1) is 18.1. The smallest absolute Gasteiger partial charge is 0.118 e. The average molecular weight is 380 g/mol. The van der Waals surface area contributed by atoms with E-state index in [9.17, 15) is 0 Å². The minimum absolute atomic E-state index is 0.111. The Labute approximate surface area is 167 Å². The standard InChI is InChI=1S/C23H26ClN3/c1-16-25-14-13-21(18-11-12-20(24)23(15-18)26(2)3)27(16)22-10-6-8-17-7-4-5-9-19(17)22/h4-5,7,9,11-16,22H,6,8,10H2,1-3H3/t16?,22-/m1/s1. The van der Waals surface area contributed by atoms with Crippen molar-refractivity contribution in [2.75, 3.05) is 19.0 Å². The number of nitrogens with zero attached hydrogens (tertiary/aromatic N) is 3. The van der Waals surface area contributed by atoms with E-state index in [0.29, 0.717) is 6.04 Å². The largest absolute Gasteiger partial charge is 0.376 e. The molecule has 27 heavy (non-hydrogen) atoms. The van der Waals surface area contributed by atoms with E-state index >= 15 is 0 Å². The van der Waals surface area contributed by atoms with Crippen LogP contribution in [0, 0.1) is 0 Å². The van der Waals surface area contributed by atoms with Crippen molar-refractivity contribution < 1.29 is 0 Å². The Balaban J connectivity index is 1.78. The van der Waals surface area contributed by atoms with Gasteiger partial charge in [0.2, 0.25) is 0 Å². The third kappa shape index (κ3) is 3.37. The van der Waals surface area contributed by atoms with Gasteiger partial charge in [-0.25, -0.2) is 0 Å². The van der Waals surface area contributed by atoms with E-state index in [4.69, 9.17) is 16.6 Å². The lowest BCUT2D eigenvalue weighted by Crippen LogP contribution is -2.37. The van der Waals surface area contributed by atoms with Crippen LogP contribution in [0.5, 0.6) is 0 Å². The van der Waals surface area contributed by atoms with Gasteiger partial charge in [0.15, 0.2) is 0 Å². The molecule has 0 fully saturated rings. The maximum Gasteiger partial charge on any atom is 0.118 e. The lowest BCUT2D eigenvalue weighted by Gasteiger charge is -2.42. The number of hydrogen-bond acceptors (Lipinski definition) is 3. The first-order valence-electron chi connectivity index (χ1n) is 9.63. The summed E-state index contributed by atoms with van der Waals surface area (Å²) in [6.45, 7) is 2.18. The van der Waals surface area contributed by atoms with Crippen molar-refractivity contribution in [3.05, 3.63) is 70.3 Å². The van der Waals surface area contributed by atoms with E-state index in [0.717, 1.165) is 17.1 Å². The highest BCUT2D eigenvalue weighted by molar-refractivity contribution is 6.33. The number of hydrogen-bond donors (Lipinski definition) is 0. The van der Waals surface area contributed by atoms with E-state index in [1.165, 1.54) is 35.2 Å². The quantitative estimate of drug-likeness (QED) is 0.695. The van der Waals surface area contributed by atoms with Crippen LogP contribution in [-0.4, -0.2) is 31.4 Å². The van der Waals surface area contributed by atoms with Gasteiger partial charge in [0, 0.05) is 31.6 Å². The van der Waals surface area contributed by atoms with Crippen LogP contribution in [0.4, 0.5) is 5.69 Å². The number of allylic oxidation sites excluding steroid dienone is 1. The molecule has 1 unspecified atom stereocenters. The van der Waals surface area contributed by atoms with Gasteiger partial charge in [-0.3, -0.25) is 4.99 Å². The molecule has 0 radical (unpaired) electrons. The molecule has 2 aliphatic rings. The van der Waals surface area contributed by atoms with Gasteiger partial charge in [-0.15, -0.1) is 0 Å². The Kier molecular flexibility index (Phi) is 4.96. The van der Waals surface area contributed by atoms with Gasteiger partial charge in [0.05, 0.1) is 16.8 Å². The Morgan fingerprint density at radius 3 is 2.78 bits per heavy atom. The van der Waals surface area contributed by atoms with E-state index in [2.05, 4.69) is 59.2 Å². The Morgan fingerprint density at radius 2 is 1.96 bits per heavy atom. The van der Waals surface area contributed by atoms with Gasteiger partial charge in [0.1, 0.15) is 6.17 Å². The molecule has 140 valence electrons. The summed E-state index contributed by atoms with van der Waals surface area (Å²) < 4.78 is 0. The van der Waals surface area contributed by atoms with Crippen LogP contribution < -0.4 is 4.90 Å². The van der Waals surface area contributed by atoms with Crippen LogP contribution in [0.25, 0.3) is 5.70 Å². The van der Waals surface area contributed by atoms with Crippen LogP contribution >= 0.6 is 11.6 Å². The molecule has 2 aromatic carbocycles. The first-order valence-corrected chi connectivity index (χ1v) is 10.0. The topological polar surface area (TPSA) is 18.8 Å². The highest BCUT2D eigenvalue weighted by Crippen LogP contribution is 2.41. The molecule has 0 saturated heterocycles. The van der Waals surface area contributed by atoms with Gasteiger partial charge in [-0.05, 0) is 55.5 Å². The number of aryl methyl sites for hydroxylation is 1. The highest BCUT2D eigenvalue weighted by Gasteiger charge is 2.32. The Morgan fingerprint density at radius 1 is 1.15 bits per heavy atom. The molecule has 4 rings (SSSR count). The molecule has 0 aromatic heterocycles. The summed E-state index contributed by atoms with van der Waals surface area (Å²) in [4.78, 5) is 9.25. The zero-order valence-corrected chi connectivity index (χ0v) is 16.9. The monoisotopic (exact) mass is 379 g/mol. The van der Waals surface area contributed by atoms with Crippen LogP contribution in [0.1, 0.15) is 42.5 Å². The predicted octanol–water partition coefficient (Wildman–Crippen LogP) is 5.56. The Bertz CT molecular complexity index is 900. The summed E-state index contributed by atoms with van der Waals surface area (Å²) in [5, 5.41) is 0.774. The summed E-state index contributed by atoms with van der Waals surface area (Å²) in [6.07, 6.45) is 7.73. The van der Waals surface area contributed by atoms with E-state index in [1.807, 2.05) is 26.4 Å². The molecule has 0 bridgehead atoms. The van der Waals surface area contributed by atoms with Crippen molar-refractivity contribution in [3.8, 4) is 0 Å². The number of halogens is 1. The summed E-state index contributed by atoms with van der Waals surface area (Å²) >= 11 is 6.41. The first-order chi connectivity index (χ1) is 13.1. The minimum Gasteiger partial charge on any atom is -0.376 e. The van der Waals surface area contributed by atoms with E-state index in [1.54, 1.807) is 0 Å². The van der Waals surface area contributed by atoms with Crippen molar-refractivity contribution in [1.29, 1.82) is 0 Å². The zero-order valence-electron chi connectivity index (χ0n) is 16.2. The minimum atomic E-state index is 0.111. The molecule has 3 nitrogen and oxygen atoms in total. The zero-order chi connectivity index (χ0) is 19.0. The maximum atomic E-state index is 6.41. The molecular weight excluding hydrogens is 354 g/mol. The molecule has 0 N–H and O–H groups in total. The second-order valence-corrected chi connectivity index (χ2v) is 7.96. The molecule has 0 amide bonds. The molecule has 0 saturated carbocycles. The second-order valence-electron chi connectivity index (χ2n) is 7.56. The van der Waals surface area contributed by atoms with Gasteiger partial charge < -0.3 is 9.80 Å². The molecule has 1 aliphatic heterocycles. The average Bonchev–Trinajstić information content (AvgIpc) is 2.68. The predicted molar refractivity (Wildman–Crippen MR) is 116 cm³/mol. The van der Waals surface area contributed by atoms with Crippen molar-refractivity contribution in [1.82, 2.24) is 4.90 Å². The van der Waals surface area contributed by atoms with Crippen LogP contribution in [0.3, 0.4) is 0 Å². The third-order valence-electron chi connectivity index (χ3n) is 5.61. The van der Waals surface area contributed by atoms with Crippen molar-refractivity contribution >= 4 is 29.2 Å². The lowest BCUT2D eigenvalue weighted by atomic mass is 9.85. The summed E-state index contributed by atoms with van der Waals surface area (Å²) in [5.41, 5.74) is 6.36. The summed E-state index contributed by atoms with van der Waals surface area (Å²) in [6, 6.07) is 15.5. The van der Waals surface area contributed by atoms with Crippen LogP contribution in [0.2, 0.25) is 5.02 Å². The second kappa shape index (κ2) is 7.40. The molecule has 2 aromatic rings. The van der Waals surface area contributed by atoms with Gasteiger partial charge in [0.25, 0.3) is 0 Å². The number of rotatable bonds is 3. The number of fused-ring (bicyclic) bond motifs is 1. The van der Waals surface area contributed by atoms with Crippen LogP contribution in [-0.2, 0) is 6.42 Å². The van der Waals surface area contributed by atoms with Gasteiger partial charge >= 0.3 is 0 Å². The van der Waals surface area contributed by atoms with Crippen LogP contribution in [0.15, 0.2) is 53.5 Å². The summed E-state index contributed by atoms with van der Waals surface area (Å²) in [5.74, 6) is 0. The fourth-order valence-corrected chi connectivity index (χ4v) is 4.59. The van der Waals surface area contributed by atoms with Crippen molar-refractivity contribution in [2.45, 2.75) is 38.4 Å². The third-order valence-corrected chi connectivity index (χ3v) is 5.93. The molecule has 1 aliphatic carbocycles. The lowest BCUT2D eigenvalue weighted by molar-refractivity contribution is 0.216. The SMILES string of the molecule is CC1N=CC=C(c2ccc(Cl)c(N(C)C)c2)N1[C@@H]1CCCc2ccccc21. The van der Waals surface area contributed by atoms with Gasteiger partial charge in [-0.2, -0.15) is 0 Å². The fraction of sp³-hybridized carbons (Fsp3) is 0.348. The molecule has 2 atom stereocenters. The van der Waals surface area contributed by atoms with Gasteiger partial charge in [-0.1, -0.05) is 41.9 Å². The number of benzene rings is 2. The normalized spacial score (nSPS) is 21.6. The molecule has 1 heterocycles. The summed E-state index contributed by atoms with van der Waals surface area (Å²) in [7, 11) is 4.05. The highest BCUT2D eigenvalue weighted by atomic mass is 35.5. The Hall–Kier alpha value is -2.26. The number of anilines is 1. The van der Waals surface area contributed by atoms with E-state index in [-0.39, 0.29) is 6.17 Å². The number of aliphatic imine (C=N–C) groups is 1.